The Morgan fingerprint density at radius 1 is 1.35 bits per heavy atom. The Kier molecular flexibility index (Phi) is 4.75. The molecule has 2 unspecified atom stereocenters. The summed E-state index contributed by atoms with van der Waals surface area (Å²) < 4.78 is 49.3. The van der Waals surface area contributed by atoms with Gasteiger partial charge in [-0.25, -0.2) is 17.2 Å². The van der Waals surface area contributed by atoms with E-state index in [0.29, 0.717) is 24.9 Å². The summed E-state index contributed by atoms with van der Waals surface area (Å²) in [6.45, 7) is 2.61. The smallest absolute Gasteiger partial charge is 0.159 e. The van der Waals surface area contributed by atoms with Crippen LogP contribution >= 0.6 is 0 Å². The third-order valence-electron chi connectivity index (χ3n) is 3.69. The zero-order valence-corrected chi connectivity index (χ0v) is 12.2. The van der Waals surface area contributed by atoms with Gasteiger partial charge in [0, 0.05) is 6.04 Å². The molecule has 0 saturated carbocycles. The quantitative estimate of drug-likeness (QED) is 0.909. The van der Waals surface area contributed by atoms with Crippen LogP contribution in [0.1, 0.15) is 31.4 Å². The molecule has 1 aromatic rings. The summed E-state index contributed by atoms with van der Waals surface area (Å²) in [4.78, 5) is 0. The van der Waals surface area contributed by atoms with Gasteiger partial charge in [-0.15, -0.1) is 0 Å². The van der Waals surface area contributed by atoms with Gasteiger partial charge < -0.3 is 5.32 Å². The molecule has 112 valence electrons. The van der Waals surface area contributed by atoms with Gasteiger partial charge in [0.05, 0.1) is 11.5 Å². The zero-order chi connectivity index (χ0) is 14.8. The first-order valence-corrected chi connectivity index (χ1v) is 8.62. The van der Waals surface area contributed by atoms with Crippen molar-refractivity contribution in [2.75, 3.05) is 18.1 Å². The standard InChI is InChI=1S/C14H19F2NO2S/c1-2-17-14(7-10-5-6-20(18,19)9-10)11-3-4-12(15)13(16)8-11/h3-4,8,10,14,17H,2,5-7,9H2,1H3. The molecule has 0 aliphatic carbocycles. The Balaban J connectivity index is 2.12. The monoisotopic (exact) mass is 303 g/mol. The van der Waals surface area contributed by atoms with Gasteiger partial charge in [-0.2, -0.15) is 0 Å². The van der Waals surface area contributed by atoms with Crippen LogP contribution in [0.3, 0.4) is 0 Å². The summed E-state index contributed by atoms with van der Waals surface area (Å²) in [7, 11) is -2.91. The number of hydrogen-bond acceptors (Lipinski definition) is 3. The first-order valence-electron chi connectivity index (χ1n) is 6.80. The molecule has 1 aliphatic heterocycles. The molecule has 2 atom stereocenters. The fourth-order valence-corrected chi connectivity index (χ4v) is 4.58. The summed E-state index contributed by atoms with van der Waals surface area (Å²) >= 11 is 0. The molecule has 1 fully saturated rings. The van der Waals surface area contributed by atoms with Crippen LogP contribution < -0.4 is 5.32 Å². The van der Waals surface area contributed by atoms with E-state index >= 15 is 0 Å². The van der Waals surface area contributed by atoms with Crippen LogP contribution in [0.4, 0.5) is 8.78 Å². The molecule has 0 spiro atoms. The molecule has 20 heavy (non-hydrogen) atoms. The molecule has 1 aliphatic rings. The van der Waals surface area contributed by atoms with Gasteiger partial charge in [-0.05, 0) is 43.0 Å². The summed E-state index contributed by atoms with van der Waals surface area (Å²) in [6, 6.07) is 3.70. The van der Waals surface area contributed by atoms with Crippen LogP contribution in [0.15, 0.2) is 18.2 Å². The number of halogens is 2. The summed E-state index contributed by atoms with van der Waals surface area (Å²) in [6.07, 6.45) is 1.27. The molecule has 0 amide bonds. The predicted molar refractivity (Wildman–Crippen MR) is 74.2 cm³/mol. The fraction of sp³-hybridized carbons (Fsp3) is 0.571. The van der Waals surface area contributed by atoms with E-state index in [9.17, 15) is 17.2 Å². The molecule has 2 rings (SSSR count). The average Bonchev–Trinajstić information content (AvgIpc) is 2.72. The Morgan fingerprint density at radius 2 is 2.10 bits per heavy atom. The van der Waals surface area contributed by atoms with Crippen molar-refractivity contribution in [3.63, 3.8) is 0 Å². The largest absolute Gasteiger partial charge is 0.310 e. The molecule has 1 aromatic carbocycles. The minimum absolute atomic E-state index is 0.0807. The van der Waals surface area contributed by atoms with E-state index in [1.54, 1.807) is 6.07 Å². The van der Waals surface area contributed by atoms with E-state index in [0.717, 1.165) is 6.07 Å². The zero-order valence-electron chi connectivity index (χ0n) is 11.4. The lowest BCUT2D eigenvalue weighted by Gasteiger charge is -2.21. The first kappa shape index (κ1) is 15.4. The summed E-state index contributed by atoms with van der Waals surface area (Å²) in [5, 5.41) is 3.22. The van der Waals surface area contributed by atoms with E-state index in [1.807, 2.05) is 6.92 Å². The molecular weight excluding hydrogens is 284 g/mol. The van der Waals surface area contributed by atoms with Crippen molar-refractivity contribution in [1.29, 1.82) is 0 Å². The molecule has 3 nitrogen and oxygen atoms in total. The highest BCUT2D eigenvalue weighted by Crippen LogP contribution is 2.29. The second-order valence-corrected chi connectivity index (χ2v) is 7.52. The van der Waals surface area contributed by atoms with Crippen molar-refractivity contribution < 1.29 is 17.2 Å². The minimum Gasteiger partial charge on any atom is -0.310 e. The van der Waals surface area contributed by atoms with E-state index in [2.05, 4.69) is 5.32 Å². The van der Waals surface area contributed by atoms with Crippen molar-refractivity contribution in [3.05, 3.63) is 35.4 Å². The van der Waals surface area contributed by atoms with Crippen molar-refractivity contribution in [3.8, 4) is 0 Å². The van der Waals surface area contributed by atoms with Gasteiger partial charge in [0.15, 0.2) is 21.5 Å². The maximum atomic E-state index is 13.3. The molecular formula is C14H19F2NO2S. The second kappa shape index (κ2) is 6.18. The van der Waals surface area contributed by atoms with E-state index < -0.39 is 21.5 Å². The van der Waals surface area contributed by atoms with Crippen LogP contribution in [0, 0.1) is 17.6 Å². The number of hydrogen-bond donors (Lipinski definition) is 1. The van der Waals surface area contributed by atoms with Gasteiger partial charge in [0.2, 0.25) is 0 Å². The van der Waals surface area contributed by atoms with Gasteiger partial charge >= 0.3 is 0 Å². The third kappa shape index (κ3) is 3.76. The van der Waals surface area contributed by atoms with Crippen molar-refractivity contribution in [1.82, 2.24) is 5.32 Å². The Labute approximate surface area is 118 Å². The fourth-order valence-electron chi connectivity index (χ4n) is 2.70. The lowest BCUT2D eigenvalue weighted by Crippen LogP contribution is -2.24. The molecule has 1 saturated heterocycles. The average molecular weight is 303 g/mol. The van der Waals surface area contributed by atoms with Gasteiger partial charge in [-0.3, -0.25) is 0 Å². The van der Waals surface area contributed by atoms with E-state index in [4.69, 9.17) is 0 Å². The second-order valence-electron chi connectivity index (χ2n) is 5.29. The lowest BCUT2D eigenvalue weighted by molar-refractivity contribution is 0.418. The van der Waals surface area contributed by atoms with E-state index in [-0.39, 0.29) is 23.5 Å². The molecule has 1 N–H and O–H groups in total. The van der Waals surface area contributed by atoms with Gasteiger partial charge in [0.1, 0.15) is 0 Å². The Hall–Kier alpha value is -1.01. The third-order valence-corrected chi connectivity index (χ3v) is 5.53. The molecule has 0 aromatic heterocycles. The highest BCUT2D eigenvalue weighted by atomic mass is 32.2. The highest BCUT2D eigenvalue weighted by molar-refractivity contribution is 7.91. The minimum atomic E-state index is -2.91. The van der Waals surface area contributed by atoms with Gasteiger partial charge in [-0.1, -0.05) is 13.0 Å². The summed E-state index contributed by atoms with van der Waals surface area (Å²) in [5.74, 6) is -1.23. The molecule has 6 heteroatoms. The van der Waals surface area contributed by atoms with Crippen LogP contribution in [0.2, 0.25) is 0 Å². The van der Waals surface area contributed by atoms with Crippen LogP contribution in [-0.2, 0) is 9.84 Å². The topological polar surface area (TPSA) is 46.2 Å². The van der Waals surface area contributed by atoms with Crippen LogP contribution in [0.5, 0.6) is 0 Å². The van der Waals surface area contributed by atoms with Crippen LogP contribution in [-0.4, -0.2) is 26.5 Å². The number of nitrogens with one attached hydrogen (secondary N) is 1. The summed E-state index contributed by atoms with van der Waals surface area (Å²) in [5.41, 5.74) is 0.662. The van der Waals surface area contributed by atoms with Crippen molar-refractivity contribution >= 4 is 9.84 Å². The normalized spacial score (nSPS) is 22.9. The van der Waals surface area contributed by atoms with Crippen molar-refractivity contribution in [2.24, 2.45) is 5.92 Å². The predicted octanol–water partition coefficient (Wildman–Crippen LogP) is 2.44. The first-order chi connectivity index (χ1) is 9.41. The lowest BCUT2D eigenvalue weighted by atomic mass is 9.94. The maximum Gasteiger partial charge on any atom is 0.159 e. The van der Waals surface area contributed by atoms with Crippen LogP contribution in [0.25, 0.3) is 0 Å². The molecule has 1 heterocycles. The Morgan fingerprint density at radius 3 is 2.65 bits per heavy atom. The highest BCUT2D eigenvalue weighted by Gasteiger charge is 2.30. The van der Waals surface area contributed by atoms with E-state index in [1.165, 1.54) is 6.07 Å². The molecule has 0 radical (unpaired) electrons. The maximum absolute atomic E-state index is 13.3. The number of benzene rings is 1. The number of sulfone groups is 1. The SMILES string of the molecule is CCNC(CC1CCS(=O)(=O)C1)c1ccc(F)c(F)c1. The molecule has 0 bridgehead atoms. The Bertz CT molecular complexity index is 575. The van der Waals surface area contributed by atoms with Crippen molar-refractivity contribution in [2.45, 2.75) is 25.8 Å². The number of rotatable bonds is 5. The van der Waals surface area contributed by atoms with Gasteiger partial charge in [0.25, 0.3) is 0 Å².